The smallest absolute Gasteiger partial charge is 0.160 e. The first-order valence-electron chi connectivity index (χ1n) is 13.0. The largest absolute Gasteiger partial charge is 0.494 e. The average molecular weight is 603 g/mol. The summed E-state index contributed by atoms with van der Waals surface area (Å²) >= 11 is 9.24. The second kappa shape index (κ2) is 11.8. The lowest BCUT2D eigenvalue weighted by atomic mass is 10.1. The molecule has 5 aromatic rings. The monoisotopic (exact) mass is 601 g/mol. The molecule has 0 fully saturated rings. The summed E-state index contributed by atoms with van der Waals surface area (Å²) in [4.78, 5) is 12.4. The third-order valence-electron chi connectivity index (χ3n) is 6.70. The molecule has 36 heavy (non-hydrogen) atoms. The van der Waals surface area contributed by atoms with Gasteiger partial charge in [0.1, 0.15) is 5.75 Å². The van der Waals surface area contributed by atoms with Gasteiger partial charge in [0.25, 0.3) is 0 Å². The van der Waals surface area contributed by atoms with Crippen molar-refractivity contribution in [3.63, 3.8) is 0 Å². The number of hydrogen-bond donors (Lipinski definition) is 0. The summed E-state index contributed by atoms with van der Waals surface area (Å²) in [6.07, 6.45) is 12.0. The highest BCUT2D eigenvalue weighted by molar-refractivity contribution is 9.11. The number of fused-ring (bicyclic) bond motifs is 5. The van der Waals surface area contributed by atoms with Crippen LogP contribution in [0.4, 0.5) is 0 Å². The number of thiophene rings is 3. The maximum Gasteiger partial charge on any atom is 0.160 e. The molecule has 5 rings (SSSR count). The molecule has 0 aliphatic rings. The first-order valence-corrected chi connectivity index (χ1v) is 16.3. The van der Waals surface area contributed by atoms with Gasteiger partial charge in [0.2, 0.25) is 0 Å². The summed E-state index contributed by atoms with van der Waals surface area (Å²) in [6.45, 7) is 5.25. The molecular formula is C29H32BrNO2S3. The molecule has 0 aliphatic carbocycles. The van der Waals surface area contributed by atoms with Gasteiger partial charge in [-0.1, -0.05) is 52.4 Å². The lowest BCUT2D eigenvalue weighted by Crippen LogP contribution is -1.98. The first-order chi connectivity index (χ1) is 17.7. The minimum Gasteiger partial charge on any atom is -0.494 e. The lowest BCUT2D eigenvalue weighted by Gasteiger charge is -2.09. The fraction of sp³-hybridized carbons (Fsp3) is 0.414. The molecule has 3 nitrogen and oxygen atoms in total. The Labute approximate surface area is 233 Å². The van der Waals surface area contributed by atoms with Crippen LogP contribution in [-0.2, 0) is 6.42 Å². The molecule has 0 saturated heterocycles. The topological polar surface area (TPSA) is 31.2 Å². The third kappa shape index (κ3) is 5.04. The summed E-state index contributed by atoms with van der Waals surface area (Å²) in [5, 5.41) is 0. The van der Waals surface area contributed by atoms with Crippen LogP contribution in [0.2, 0.25) is 0 Å². The number of ether oxygens (including phenoxy) is 1. The number of rotatable bonds is 13. The van der Waals surface area contributed by atoms with E-state index in [0.717, 1.165) is 47.6 Å². The van der Waals surface area contributed by atoms with E-state index in [-0.39, 0.29) is 0 Å². The average Bonchev–Trinajstić information content (AvgIpc) is 3.60. The van der Waals surface area contributed by atoms with Crippen molar-refractivity contribution < 1.29 is 9.53 Å². The van der Waals surface area contributed by atoms with Gasteiger partial charge < -0.3 is 9.30 Å². The Kier molecular flexibility index (Phi) is 8.51. The molecule has 0 bridgehead atoms. The molecule has 0 spiro atoms. The number of hydrogen-bond acceptors (Lipinski definition) is 5. The van der Waals surface area contributed by atoms with Crippen LogP contribution in [0.5, 0.6) is 5.75 Å². The van der Waals surface area contributed by atoms with Gasteiger partial charge in [0.05, 0.1) is 45.1 Å². The van der Waals surface area contributed by atoms with Gasteiger partial charge in [-0.15, -0.1) is 34.0 Å². The third-order valence-corrected chi connectivity index (χ3v) is 11.3. The second-order valence-electron chi connectivity index (χ2n) is 9.32. The van der Waals surface area contributed by atoms with Crippen molar-refractivity contribution in [2.75, 3.05) is 6.61 Å². The van der Waals surface area contributed by atoms with Gasteiger partial charge >= 0.3 is 0 Å². The Bertz CT molecular complexity index is 1470. The van der Waals surface area contributed by atoms with Crippen LogP contribution in [0.15, 0.2) is 34.1 Å². The highest BCUT2D eigenvalue weighted by Gasteiger charge is 2.24. The van der Waals surface area contributed by atoms with Crippen LogP contribution in [0, 0.1) is 0 Å². The SMILES string of the molecule is CCCCCCOc1ccc(-n2c3cc(C=O)sc3c3sc4c(CCCCCC)c(Br)sc4c32)cc1. The van der Waals surface area contributed by atoms with Crippen LogP contribution in [0.25, 0.3) is 35.5 Å². The van der Waals surface area contributed by atoms with E-state index in [1.807, 2.05) is 28.7 Å². The summed E-state index contributed by atoms with van der Waals surface area (Å²) in [7, 11) is 0. The van der Waals surface area contributed by atoms with E-state index >= 15 is 0 Å². The molecule has 0 amide bonds. The van der Waals surface area contributed by atoms with Crippen LogP contribution in [0.1, 0.15) is 80.4 Å². The predicted molar refractivity (Wildman–Crippen MR) is 162 cm³/mol. The zero-order valence-corrected chi connectivity index (χ0v) is 24.9. The number of aryl methyl sites for hydroxylation is 1. The highest BCUT2D eigenvalue weighted by atomic mass is 79.9. The van der Waals surface area contributed by atoms with E-state index < -0.39 is 0 Å². The van der Waals surface area contributed by atoms with Crippen molar-refractivity contribution in [3.8, 4) is 11.4 Å². The molecule has 190 valence electrons. The second-order valence-corrected chi connectivity index (χ2v) is 13.8. The van der Waals surface area contributed by atoms with Gasteiger partial charge in [-0.3, -0.25) is 4.79 Å². The first kappa shape index (κ1) is 26.0. The van der Waals surface area contributed by atoms with E-state index in [2.05, 4.69) is 58.6 Å². The Balaban J connectivity index is 1.54. The predicted octanol–water partition coefficient (Wildman–Crippen LogP) is 10.8. The maximum absolute atomic E-state index is 11.6. The quantitative estimate of drug-likeness (QED) is 0.0992. The van der Waals surface area contributed by atoms with Crippen LogP contribution < -0.4 is 4.74 Å². The number of unbranched alkanes of at least 4 members (excludes halogenated alkanes) is 6. The van der Waals surface area contributed by atoms with E-state index in [1.54, 1.807) is 11.3 Å². The number of aldehydes is 1. The van der Waals surface area contributed by atoms with Gasteiger partial charge in [-0.25, -0.2) is 0 Å². The van der Waals surface area contributed by atoms with Crippen molar-refractivity contribution >= 4 is 86.1 Å². The molecule has 0 saturated carbocycles. The van der Waals surface area contributed by atoms with Crippen molar-refractivity contribution in [1.29, 1.82) is 0 Å². The molecule has 0 N–H and O–H groups in total. The molecule has 0 atom stereocenters. The van der Waals surface area contributed by atoms with Crippen LogP contribution >= 0.6 is 49.9 Å². The van der Waals surface area contributed by atoms with Gasteiger partial charge in [-0.2, -0.15) is 0 Å². The standard InChI is InChI=1S/C29H32BrNO2S3/c1-3-5-7-9-11-22-25-27(36-29(22)30)24-28(35-25)26-23(17-21(18-32)34-26)31(24)19-12-14-20(15-13-19)33-16-10-8-6-4-2/h12-15,17-18H,3-11,16H2,1-2H3. The van der Waals surface area contributed by atoms with Gasteiger partial charge in [0.15, 0.2) is 6.29 Å². The zero-order valence-electron chi connectivity index (χ0n) is 20.9. The minimum atomic E-state index is 0.764. The molecule has 0 aliphatic heterocycles. The van der Waals surface area contributed by atoms with Crippen molar-refractivity contribution in [3.05, 3.63) is 44.6 Å². The summed E-state index contributed by atoms with van der Waals surface area (Å²) in [5.41, 5.74) is 4.95. The number of carbonyl (C=O) groups is 1. The van der Waals surface area contributed by atoms with Crippen molar-refractivity contribution in [2.45, 2.75) is 71.6 Å². The van der Waals surface area contributed by atoms with E-state index in [4.69, 9.17) is 4.74 Å². The molecule has 7 heteroatoms. The number of nitrogens with zero attached hydrogens (tertiary/aromatic N) is 1. The molecule has 1 aromatic carbocycles. The maximum atomic E-state index is 11.6. The Hall–Kier alpha value is -1.67. The Morgan fingerprint density at radius 3 is 2.31 bits per heavy atom. The fourth-order valence-electron chi connectivity index (χ4n) is 4.82. The highest BCUT2D eigenvalue weighted by Crippen LogP contribution is 2.50. The number of carbonyl (C=O) groups excluding carboxylic acids is 1. The normalized spacial score (nSPS) is 11.9. The molecule has 4 aromatic heterocycles. The molecule has 4 heterocycles. The minimum absolute atomic E-state index is 0.764. The van der Waals surface area contributed by atoms with Crippen LogP contribution in [0.3, 0.4) is 0 Å². The molecular weight excluding hydrogens is 570 g/mol. The summed E-state index contributed by atoms with van der Waals surface area (Å²) in [5.74, 6) is 0.914. The number of aromatic nitrogens is 1. The van der Waals surface area contributed by atoms with E-state index in [1.165, 1.54) is 78.6 Å². The van der Waals surface area contributed by atoms with E-state index in [9.17, 15) is 4.79 Å². The van der Waals surface area contributed by atoms with E-state index in [0.29, 0.717) is 0 Å². The van der Waals surface area contributed by atoms with Gasteiger partial charge in [0, 0.05) is 5.69 Å². The Morgan fingerprint density at radius 1 is 0.861 bits per heavy atom. The molecule has 0 radical (unpaired) electrons. The Morgan fingerprint density at radius 2 is 1.58 bits per heavy atom. The molecule has 0 unspecified atom stereocenters. The lowest BCUT2D eigenvalue weighted by molar-refractivity contribution is 0.112. The zero-order chi connectivity index (χ0) is 25.1. The van der Waals surface area contributed by atoms with Crippen molar-refractivity contribution in [2.24, 2.45) is 0 Å². The van der Waals surface area contributed by atoms with Crippen LogP contribution in [-0.4, -0.2) is 17.5 Å². The van der Waals surface area contributed by atoms with Gasteiger partial charge in [-0.05, 0) is 71.1 Å². The summed E-state index contributed by atoms with van der Waals surface area (Å²) < 4.78 is 14.9. The van der Waals surface area contributed by atoms with Crippen molar-refractivity contribution in [1.82, 2.24) is 4.57 Å². The number of halogens is 1. The summed E-state index contributed by atoms with van der Waals surface area (Å²) in [6, 6.07) is 10.5. The fourth-order valence-corrected chi connectivity index (χ4v) is 9.59. The number of benzene rings is 1.